The minimum atomic E-state index is -0.170. The van der Waals surface area contributed by atoms with Crippen LogP contribution in [0.25, 0.3) is 0 Å². The molecule has 2 heteroatoms. The number of carbonyl (C=O) groups is 1. The molecule has 0 heterocycles. The van der Waals surface area contributed by atoms with Gasteiger partial charge in [-0.05, 0) is 31.1 Å². The molecule has 3 aliphatic carbocycles. The Kier molecular flexibility index (Phi) is 1.44. The van der Waals surface area contributed by atoms with Crippen molar-refractivity contribution in [3.05, 3.63) is 0 Å². The van der Waals surface area contributed by atoms with E-state index in [-0.39, 0.29) is 11.5 Å². The first-order valence-corrected chi connectivity index (χ1v) is 5.46. The van der Waals surface area contributed by atoms with E-state index in [0.29, 0.717) is 17.6 Å². The molecular weight excluding hydrogens is 164 g/mol. The molecular formula is C11H16O2. The molecule has 13 heavy (non-hydrogen) atoms. The number of ketones is 1. The molecule has 0 radical (unpaired) electrons. The Morgan fingerprint density at radius 1 is 1.38 bits per heavy atom. The van der Waals surface area contributed by atoms with Gasteiger partial charge in [-0.1, -0.05) is 12.8 Å². The normalized spacial score (nSPS) is 53.9. The van der Waals surface area contributed by atoms with Crippen molar-refractivity contribution in [2.24, 2.45) is 17.3 Å². The van der Waals surface area contributed by atoms with Crippen molar-refractivity contribution in [2.75, 3.05) is 0 Å². The maximum atomic E-state index is 11.7. The Labute approximate surface area is 78.3 Å². The summed E-state index contributed by atoms with van der Waals surface area (Å²) in [6, 6.07) is 0. The summed E-state index contributed by atoms with van der Waals surface area (Å²) in [6.45, 7) is 0. The first kappa shape index (κ1) is 7.98. The van der Waals surface area contributed by atoms with E-state index in [1.54, 1.807) is 0 Å². The average Bonchev–Trinajstić information content (AvgIpc) is 2.38. The van der Waals surface area contributed by atoms with Gasteiger partial charge in [-0.3, -0.25) is 4.79 Å². The fraction of sp³-hybridized carbons (Fsp3) is 0.909. The van der Waals surface area contributed by atoms with Gasteiger partial charge in [0.2, 0.25) is 0 Å². The van der Waals surface area contributed by atoms with Gasteiger partial charge < -0.3 is 5.11 Å². The summed E-state index contributed by atoms with van der Waals surface area (Å²) in [5.41, 5.74) is -0.0301. The molecule has 3 fully saturated rings. The summed E-state index contributed by atoms with van der Waals surface area (Å²) in [4.78, 5) is 11.7. The van der Waals surface area contributed by atoms with E-state index in [4.69, 9.17) is 0 Å². The van der Waals surface area contributed by atoms with Crippen molar-refractivity contribution in [3.8, 4) is 0 Å². The molecule has 4 unspecified atom stereocenters. The summed E-state index contributed by atoms with van der Waals surface area (Å²) >= 11 is 0. The molecule has 3 rings (SSSR count). The highest BCUT2D eigenvalue weighted by Crippen LogP contribution is 2.63. The van der Waals surface area contributed by atoms with Gasteiger partial charge in [0.1, 0.15) is 5.78 Å². The first-order chi connectivity index (χ1) is 6.25. The van der Waals surface area contributed by atoms with Crippen LogP contribution in [0.1, 0.15) is 38.5 Å². The van der Waals surface area contributed by atoms with E-state index in [1.165, 1.54) is 12.8 Å². The number of aliphatic hydroxyl groups excluding tert-OH is 1. The van der Waals surface area contributed by atoms with E-state index in [9.17, 15) is 9.90 Å². The molecule has 0 aromatic carbocycles. The zero-order valence-corrected chi connectivity index (χ0v) is 7.83. The molecule has 0 bridgehead atoms. The topological polar surface area (TPSA) is 37.3 Å². The van der Waals surface area contributed by atoms with Crippen molar-refractivity contribution in [3.63, 3.8) is 0 Å². The predicted octanol–water partition coefficient (Wildman–Crippen LogP) is 1.52. The van der Waals surface area contributed by atoms with Gasteiger partial charge in [-0.15, -0.1) is 0 Å². The van der Waals surface area contributed by atoms with Crippen molar-refractivity contribution < 1.29 is 9.90 Å². The number of hydrogen-bond donors (Lipinski definition) is 1. The number of rotatable bonds is 0. The van der Waals surface area contributed by atoms with Crippen LogP contribution in [0, 0.1) is 17.3 Å². The standard InChI is InChI=1S/C11H16O2/c12-9-5-7-6-10(13)11(7)4-2-1-3-8(9)11/h7-9,12H,1-6H2. The highest BCUT2D eigenvalue weighted by Gasteiger charge is 2.65. The minimum absolute atomic E-state index is 0.0301. The molecule has 0 aliphatic heterocycles. The SMILES string of the molecule is O=C1CC2CC(O)C3CCCCC123. The van der Waals surface area contributed by atoms with E-state index in [0.717, 1.165) is 25.7 Å². The fourth-order valence-corrected chi connectivity index (χ4v) is 4.06. The smallest absolute Gasteiger partial charge is 0.140 e. The first-order valence-electron chi connectivity index (χ1n) is 5.46. The molecule has 0 aromatic rings. The zero-order valence-electron chi connectivity index (χ0n) is 7.83. The van der Waals surface area contributed by atoms with E-state index in [2.05, 4.69) is 0 Å². The highest BCUT2D eigenvalue weighted by atomic mass is 16.3. The monoisotopic (exact) mass is 180 g/mol. The van der Waals surface area contributed by atoms with Crippen LogP contribution in [0.4, 0.5) is 0 Å². The number of aliphatic hydroxyl groups is 1. The number of hydrogen-bond acceptors (Lipinski definition) is 2. The van der Waals surface area contributed by atoms with Crippen molar-refractivity contribution in [2.45, 2.75) is 44.6 Å². The van der Waals surface area contributed by atoms with E-state index in [1.807, 2.05) is 0 Å². The Morgan fingerprint density at radius 3 is 2.92 bits per heavy atom. The molecule has 0 aromatic heterocycles. The second-order valence-corrected chi connectivity index (χ2v) is 5.02. The third-order valence-electron chi connectivity index (χ3n) is 4.69. The summed E-state index contributed by atoms with van der Waals surface area (Å²) in [5.74, 6) is 1.33. The van der Waals surface area contributed by atoms with Gasteiger partial charge in [-0.25, -0.2) is 0 Å². The summed E-state index contributed by atoms with van der Waals surface area (Å²) in [6.07, 6.45) is 6.05. The van der Waals surface area contributed by atoms with Gasteiger partial charge in [0.25, 0.3) is 0 Å². The zero-order chi connectivity index (χ0) is 9.05. The average molecular weight is 180 g/mol. The van der Waals surface area contributed by atoms with Crippen LogP contribution >= 0.6 is 0 Å². The van der Waals surface area contributed by atoms with Crippen LogP contribution in [0.2, 0.25) is 0 Å². The van der Waals surface area contributed by atoms with Gasteiger partial charge >= 0.3 is 0 Å². The van der Waals surface area contributed by atoms with Gasteiger partial charge in [0.05, 0.1) is 6.10 Å². The second-order valence-electron chi connectivity index (χ2n) is 5.02. The Morgan fingerprint density at radius 2 is 2.23 bits per heavy atom. The lowest BCUT2D eigenvalue weighted by Gasteiger charge is -2.49. The van der Waals surface area contributed by atoms with Crippen LogP contribution in [0.15, 0.2) is 0 Å². The molecule has 1 N–H and O–H groups in total. The predicted molar refractivity (Wildman–Crippen MR) is 48.1 cm³/mol. The largest absolute Gasteiger partial charge is 0.393 e. The van der Waals surface area contributed by atoms with Gasteiger partial charge in [0, 0.05) is 11.8 Å². The molecule has 4 atom stereocenters. The fourth-order valence-electron chi connectivity index (χ4n) is 4.06. The molecule has 2 nitrogen and oxygen atoms in total. The third kappa shape index (κ3) is 0.762. The van der Waals surface area contributed by atoms with E-state index >= 15 is 0 Å². The van der Waals surface area contributed by atoms with E-state index < -0.39 is 0 Å². The maximum absolute atomic E-state index is 11.7. The van der Waals surface area contributed by atoms with Gasteiger partial charge in [-0.2, -0.15) is 0 Å². The number of carbonyl (C=O) groups excluding carboxylic acids is 1. The van der Waals surface area contributed by atoms with Crippen LogP contribution < -0.4 is 0 Å². The molecule has 3 aliphatic rings. The molecule has 3 saturated carbocycles. The molecule has 0 saturated heterocycles. The maximum Gasteiger partial charge on any atom is 0.140 e. The Balaban J connectivity index is 1.98. The minimum Gasteiger partial charge on any atom is -0.393 e. The van der Waals surface area contributed by atoms with Crippen LogP contribution in [-0.2, 0) is 4.79 Å². The highest BCUT2D eigenvalue weighted by molar-refractivity contribution is 5.92. The molecule has 0 amide bonds. The lowest BCUT2D eigenvalue weighted by atomic mass is 9.52. The van der Waals surface area contributed by atoms with Crippen LogP contribution in [0.5, 0.6) is 0 Å². The van der Waals surface area contributed by atoms with Crippen molar-refractivity contribution in [1.29, 1.82) is 0 Å². The van der Waals surface area contributed by atoms with Gasteiger partial charge in [0.15, 0.2) is 0 Å². The third-order valence-corrected chi connectivity index (χ3v) is 4.69. The lowest BCUT2D eigenvalue weighted by molar-refractivity contribution is -0.151. The number of Topliss-reactive ketones (excluding diaryl/α,β-unsaturated/α-hetero) is 1. The molecule has 72 valence electrons. The second kappa shape index (κ2) is 2.35. The van der Waals surface area contributed by atoms with Crippen molar-refractivity contribution >= 4 is 5.78 Å². The van der Waals surface area contributed by atoms with Crippen molar-refractivity contribution in [1.82, 2.24) is 0 Å². The quantitative estimate of drug-likeness (QED) is 0.613. The summed E-state index contributed by atoms with van der Waals surface area (Å²) < 4.78 is 0. The summed E-state index contributed by atoms with van der Waals surface area (Å²) in [7, 11) is 0. The van der Waals surface area contributed by atoms with Crippen LogP contribution in [0.3, 0.4) is 0 Å². The molecule has 1 spiro atoms. The Hall–Kier alpha value is -0.370. The van der Waals surface area contributed by atoms with Crippen LogP contribution in [-0.4, -0.2) is 17.0 Å². The Bertz CT molecular complexity index is 261. The lowest BCUT2D eigenvalue weighted by Crippen LogP contribution is -2.52. The summed E-state index contributed by atoms with van der Waals surface area (Å²) in [5, 5.41) is 9.87.